The second kappa shape index (κ2) is 6.45. The largest absolute Gasteiger partial charge is 0.453 e. The van der Waals surface area contributed by atoms with Crippen LogP contribution in [0.1, 0.15) is 27.8 Å². The van der Waals surface area contributed by atoms with E-state index in [4.69, 9.17) is 16.3 Å². The molecule has 8 heteroatoms. The van der Waals surface area contributed by atoms with E-state index in [1.807, 2.05) is 26.1 Å². The molecule has 3 aromatic rings. The number of H-pyrrole nitrogens is 1. The zero-order valence-electron chi connectivity index (χ0n) is 13.5. The van der Waals surface area contributed by atoms with Crippen LogP contribution in [-0.4, -0.2) is 30.7 Å². The lowest BCUT2D eigenvalue weighted by atomic mass is 10.2. The van der Waals surface area contributed by atoms with E-state index in [9.17, 15) is 4.79 Å². The smallest absolute Gasteiger partial charge is 0.359 e. The lowest BCUT2D eigenvalue weighted by Crippen LogP contribution is -2.10. The molecular formula is C16H16ClN5O2. The summed E-state index contributed by atoms with van der Waals surface area (Å²) in [6.45, 7) is 3.63. The first-order valence-electron chi connectivity index (χ1n) is 7.30. The van der Waals surface area contributed by atoms with E-state index in [2.05, 4.69) is 20.2 Å². The van der Waals surface area contributed by atoms with Crippen molar-refractivity contribution in [3.05, 3.63) is 52.3 Å². The van der Waals surface area contributed by atoms with Crippen molar-refractivity contribution in [2.24, 2.45) is 7.05 Å². The molecule has 0 bridgehead atoms. The summed E-state index contributed by atoms with van der Waals surface area (Å²) in [5.41, 5.74) is 1.67. The SMILES string of the molecule is Cc1[nH]c(-c2cccc(Cl)c2)nc1C(=O)OCc1nnc(C)n1C. The Kier molecular flexibility index (Phi) is 4.35. The second-order valence-corrected chi connectivity index (χ2v) is 5.80. The first-order chi connectivity index (χ1) is 11.5. The Bertz CT molecular complexity index is 900. The Balaban J connectivity index is 1.77. The number of halogens is 1. The summed E-state index contributed by atoms with van der Waals surface area (Å²) in [5.74, 6) is 1.37. The van der Waals surface area contributed by atoms with E-state index in [0.29, 0.717) is 22.4 Å². The molecule has 0 spiro atoms. The number of benzene rings is 1. The molecule has 0 radical (unpaired) electrons. The average molecular weight is 346 g/mol. The standard InChI is InChI=1S/C16H16ClN5O2/c1-9-14(16(23)24-8-13-21-20-10(2)22(13)3)19-15(18-9)11-5-4-6-12(17)7-11/h4-7H,8H2,1-3H3,(H,18,19). The molecule has 0 fully saturated rings. The minimum absolute atomic E-state index is 0.0367. The number of hydrogen-bond acceptors (Lipinski definition) is 5. The van der Waals surface area contributed by atoms with Crippen LogP contribution < -0.4 is 0 Å². The highest BCUT2D eigenvalue weighted by molar-refractivity contribution is 6.30. The van der Waals surface area contributed by atoms with Crippen molar-refractivity contribution in [3.8, 4) is 11.4 Å². The molecule has 2 aromatic heterocycles. The molecule has 24 heavy (non-hydrogen) atoms. The van der Waals surface area contributed by atoms with Gasteiger partial charge in [0.15, 0.2) is 18.1 Å². The molecule has 7 nitrogen and oxygen atoms in total. The number of imidazole rings is 1. The highest BCUT2D eigenvalue weighted by Crippen LogP contribution is 2.22. The fourth-order valence-electron chi connectivity index (χ4n) is 2.21. The molecule has 0 aliphatic heterocycles. The molecule has 3 rings (SSSR count). The zero-order valence-corrected chi connectivity index (χ0v) is 14.3. The topological polar surface area (TPSA) is 85.7 Å². The Labute approximate surface area is 143 Å². The van der Waals surface area contributed by atoms with Gasteiger partial charge >= 0.3 is 5.97 Å². The number of rotatable bonds is 4. The maximum Gasteiger partial charge on any atom is 0.359 e. The van der Waals surface area contributed by atoms with Crippen LogP contribution in [0.25, 0.3) is 11.4 Å². The highest BCUT2D eigenvalue weighted by atomic mass is 35.5. The monoisotopic (exact) mass is 345 g/mol. The van der Waals surface area contributed by atoms with Crippen LogP contribution in [0.4, 0.5) is 0 Å². The van der Waals surface area contributed by atoms with Gasteiger partial charge in [-0.3, -0.25) is 0 Å². The van der Waals surface area contributed by atoms with Crippen LogP contribution in [-0.2, 0) is 18.4 Å². The lowest BCUT2D eigenvalue weighted by Gasteiger charge is -2.03. The molecule has 124 valence electrons. The van der Waals surface area contributed by atoms with E-state index in [1.54, 1.807) is 23.6 Å². The Morgan fingerprint density at radius 2 is 2.12 bits per heavy atom. The summed E-state index contributed by atoms with van der Waals surface area (Å²) in [7, 11) is 1.82. The quantitative estimate of drug-likeness (QED) is 0.735. The van der Waals surface area contributed by atoms with Gasteiger partial charge in [0, 0.05) is 23.3 Å². The predicted molar refractivity (Wildman–Crippen MR) is 88.6 cm³/mol. The maximum atomic E-state index is 12.3. The van der Waals surface area contributed by atoms with Gasteiger partial charge in [0.25, 0.3) is 0 Å². The van der Waals surface area contributed by atoms with Crippen molar-refractivity contribution in [3.63, 3.8) is 0 Å². The van der Waals surface area contributed by atoms with Crippen molar-refractivity contribution in [1.82, 2.24) is 24.7 Å². The molecule has 2 heterocycles. The Morgan fingerprint density at radius 3 is 2.79 bits per heavy atom. The van der Waals surface area contributed by atoms with Crippen molar-refractivity contribution in [2.75, 3.05) is 0 Å². The maximum absolute atomic E-state index is 12.3. The van der Waals surface area contributed by atoms with Crippen molar-refractivity contribution in [2.45, 2.75) is 20.5 Å². The molecule has 0 saturated carbocycles. The van der Waals surface area contributed by atoms with Crippen molar-refractivity contribution >= 4 is 17.6 Å². The molecule has 1 N–H and O–H groups in total. The number of aromatic nitrogens is 5. The first-order valence-corrected chi connectivity index (χ1v) is 7.68. The summed E-state index contributed by atoms with van der Waals surface area (Å²) < 4.78 is 7.06. The van der Waals surface area contributed by atoms with Crippen molar-refractivity contribution in [1.29, 1.82) is 0 Å². The molecule has 1 aromatic carbocycles. The number of esters is 1. The number of nitrogens with zero attached hydrogens (tertiary/aromatic N) is 4. The Hall–Kier alpha value is -2.67. The van der Waals surface area contributed by atoms with Gasteiger partial charge in [0.05, 0.1) is 0 Å². The minimum atomic E-state index is -0.516. The zero-order chi connectivity index (χ0) is 17.3. The van der Waals surface area contributed by atoms with E-state index in [1.165, 1.54) is 0 Å². The minimum Gasteiger partial charge on any atom is -0.453 e. The van der Waals surface area contributed by atoms with Crippen LogP contribution in [0.5, 0.6) is 0 Å². The van der Waals surface area contributed by atoms with Gasteiger partial charge in [0.1, 0.15) is 11.6 Å². The fraction of sp³-hybridized carbons (Fsp3) is 0.250. The second-order valence-electron chi connectivity index (χ2n) is 5.37. The van der Waals surface area contributed by atoms with E-state index < -0.39 is 5.97 Å². The lowest BCUT2D eigenvalue weighted by molar-refractivity contribution is 0.0451. The summed E-state index contributed by atoms with van der Waals surface area (Å²) in [4.78, 5) is 19.7. The van der Waals surface area contributed by atoms with Crippen molar-refractivity contribution < 1.29 is 9.53 Å². The van der Waals surface area contributed by atoms with Crippen LogP contribution in [0.2, 0.25) is 5.02 Å². The number of carbonyl (C=O) groups excluding carboxylic acids is 1. The van der Waals surface area contributed by atoms with Gasteiger partial charge in [-0.25, -0.2) is 9.78 Å². The molecule has 0 amide bonds. The van der Waals surface area contributed by atoms with E-state index in [-0.39, 0.29) is 12.3 Å². The molecule has 0 aliphatic carbocycles. The van der Waals surface area contributed by atoms with Gasteiger partial charge < -0.3 is 14.3 Å². The fourth-order valence-corrected chi connectivity index (χ4v) is 2.40. The first kappa shape index (κ1) is 16.2. The average Bonchev–Trinajstić information content (AvgIpc) is 3.09. The number of hydrogen-bond donors (Lipinski definition) is 1. The number of aromatic amines is 1. The summed E-state index contributed by atoms with van der Waals surface area (Å²) >= 11 is 5.99. The van der Waals surface area contributed by atoms with Gasteiger partial charge in [-0.05, 0) is 26.0 Å². The van der Waals surface area contributed by atoms with Crippen LogP contribution in [0.15, 0.2) is 24.3 Å². The number of carbonyl (C=O) groups is 1. The van der Waals surface area contributed by atoms with Gasteiger partial charge in [-0.1, -0.05) is 23.7 Å². The Morgan fingerprint density at radius 1 is 1.33 bits per heavy atom. The molecular weight excluding hydrogens is 330 g/mol. The molecule has 0 unspecified atom stereocenters. The number of ether oxygens (including phenoxy) is 1. The van der Waals surface area contributed by atoms with Gasteiger partial charge in [-0.2, -0.15) is 0 Å². The van der Waals surface area contributed by atoms with E-state index >= 15 is 0 Å². The summed E-state index contributed by atoms with van der Waals surface area (Å²) in [6, 6.07) is 7.24. The number of nitrogens with one attached hydrogen (secondary N) is 1. The highest BCUT2D eigenvalue weighted by Gasteiger charge is 2.18. The third-order valence-corrected chi connectivity index (χ3v) is 3.93. The molecule has 0 aliphatic rings. The third kappa shape index (κ3) is 3.16. The molecule has 0 saturated heterocycles. The van der Waals surface area contributed by atoms with Gasteiger partial charge in [0.2, 0.25) is 0 Å². The van der Waals surface area contributed by atoms with Gasteiger partial charge in [-0.15, -0.1) is 10.2 Å². The van der Waals surface area contributed by atoms with Crippen LogP contribution in [0, 0.1) is 13.8 Å². The normalized spacial score (nSPS) is 10.8. The molecule has 0 atom stereocenters. The number of aryl methyl sites for hydroxylation is 2. The van der Waals surface area contributed by atoms with Crippen LogP contribution in [0.3, 0.4) is 0 Å². The van der Waals surface area contributed by atoms with Crippen LogP contribution >= 0.6 is 11.6 Å². The predicted octanol–water partition coefficient (Wildman–Crippen LogP) is 2.83. The third-order valence-electron chi connectivity index (χ3n) is 3.69. The summed E-state index contributed by atoms with van der Waals surface area (Å²) in [6.07, 6.45) is 0. The van der Waals surface area contributed by atoms with E-state index in [0.717, 1.165) is 11.4 Å². The summed E-state index contributed by atoms with van der Waals surface area (Å²) in [5, 5.41) is 8.48.